The van der Waals surface area contributed by atoms with Crippen LogP contribution in [0.3, 0.4) is 0 Å². The smallest absolute Gasteiger partial charge is 0.293 e. The number of hydrogen-bond donors (Lipinski definition) is 0. The molecule has 1 aliphatic heterocycles. The fourth-order valence-corrected chi connectivity index (χ4v) is 2.74. The van der Waals surface area contributed by atoms with Crippen molar-refractivity contribution < 1.29 is 19.1 Å². The summed E-state index contributed by atoms with van der Waals surface area (Å²) in [5, 5.41) is -0.261. The van der Waals surface area contributed by atoms with Crippen molar-refractivity contribution in [2.24, 2.45) is 0 Å². The van der Waals surface area contributed by atoms with E-state index in [1.807, 2.05) is 12.1 Å². The third kappa shape index (κ3) is 3.62. The van der Waals surface area contributed by atoms with Crippen LogP contribution < -0.4 is 9.47 Å². The molecule has 2 rings (SSSR count). The van der Waals surface area contributed by atoms with E-state index >= 15 is 0 Å². The lowest BCUT2D eigenvalue weighted by Gasteiger charge is -2.11. The molecule has 1 aromatic carbocycles. The summed E-state index contributed by atoms with van der Waals surface area (Å²) in [5.41, 5.74) is 0.790. The Kier molecular flexibility index (Phi) is 5.49. The Hall–Kier alpha value is -1.95. The molecule has 0 aromatic heterocycles. The summed E-state index contributed by atoms with van der Waals surface area (Å²) in [4.78, 5) is 24.9. The molecule has 0 unspecified atom stereocenters. The summed E-state index contributed by atoms with van der Waals surface area (Å²) in [7, 11) is 3.05. The van der Waals surface area contributed by atoms with Crippen LogP contribution in [0.1, 0.15) is 25.3 Å². The maximum atomic E-state index is 11.9. The Labute approximate surface area is 134 Å². The summed E-state index contributed by atoms with van der Waals surface area (Å²) in [5.74, 6) is 1.01. The highest BCUT2D eigenvalue weighted by Gasteiger charge is 2.31. The van der Waals surface area contributed by atoms with E-state index in [4.69, 9.17) is 9.47 Å². The lowest BCUT2D eigenvalue weighted by molar-refractivity contribution is -0.121. The van der Waals surface area contributed by atoms with Gasteiger partial charge in [-0.1, -0.05) is 19.4 Å². The second-order valence-corrected chi connectivity index (χ2v) is 5.85. The predicted octanol–water partition coefficient (Wildman–Crippen LogP) is 3.54. The van der Waals surface area contributed by atoms with Crippen molar-refractivity contribution >= 4 is 29.0 Å². The minimum Gasteiger partial charge on any atom is -0.493 e. The zero-order valence-corrected chi connectivity index (χ0v) is 13.7. The highest BCUT2D eigenvalue weighted by atomic mass is 32.2. The number of hydrogen-bond acceptors (Lipinski definition) is 5. The van der Waals surface area contributed by atoms with Crippen molar-refractivity contribution in [3.8, 4) is 11.5 Å². The third-order valence-electron chi connectivity index (χ3n) is 3.23. The minimum atomic E-state index is -0.280. The zero-order valence-electron chi connectivity index (χ0n) is 12.9. The molecule has 1 heterocycles. The molecule has 5 nitrogen and oxygen atoms in total. The second-order valence-electron chi connectivity index (χ2n) is 4.85. The summed E-state index contributed by atoms with van der Waals surface area (Å²) in [6.45, 7) is 2.74. The summed E-state index contributed by atoms with van der Waals surface area (Å²) in [6, 6.07) is 5.45. The topological polar surface area (TPSA) is 55.8 Å². The molecule has 6 heteroatoms. The van der Waals surface area contributed by atoms with E-state index in [0.29, 0.717) is 23.0 Å². The maximum Gasteiger partial charge on any atom is 0.293 e. The molecule has 0 radical (unpaired) electrons. The first-order valence-corrected chi connectivity index (χ1v) is 7.91. The highest BCUT2D eigenvalue weighted by Crippen LogP contribution is 2.33. The molecule has 0 atom stereocenters. The first-order valence-electron chi connectivity index (χ1n) is 7.09. The monoisotopic (exact) mass is 321 g/mol. The Morgan fingerprint density at radius 2 is 2.05 bits per heavy atom. The number of ether oxygens (including phenoxy) is 2. The number of rotatable bonds is 6. The van der Waals surface area contributed by atoms with Crippen LogP contribution in [-0.4, -0.2) is 36.8 Å². The third-order valence-corrected chi connectivity index (χ3v) is 4.19. The van der Waals surface area contributed by atoms with E-state index < -0.39 is 0 Å². The van der Waals surface area contributed by atoms with Gasteiger partial charge >= 0.3 is 0 Å². The molecule has 1 fully saturated rings. The van der Waals surface area contributed by atoms with Crippen LogP contribution in [0.4, 0.5) is 4.79 Å². The Morgan fingerprint density at radius 3 is 2.64 bits per heavy atom. The normalized spacial score (nSPS) is 16.5. The van der Waals surface area contributed by atoms with Crippen LogP contribution in [0, 0.1) is 0 Å². The average molecular weight is 321 g/mol. The van der Waals surface area contributed by atoms with Gasteiger partial charge in [-0.15, -0.1) is 0 Å². The second kappa shape index (κ2) is 7.35. The van der Waals surface area contributed by atoms with E-state index in [0.717, 1.165) is 35.1 Å². The van der Waals surface area contributed by atoms with Gasteiger partial charge in [0.15, 0.2) is 11.5 Å². The van der Waals surface area contributed by atoms with Crippen molar-refractivity contribution in [1.82, 2.24) is 4.90 Å². The lowest BCUT2D eigenvalue weighted by Crippen LogP contribution is -2.22. The number of imide groups is 1. The number of carbonyl (C=O) groups excluding carboxylic acids is 2. The van der Waals surface area contributed by atoms with Crippen LogP contribution in [0.15, 0.2) is 23.1 Å². The molecule has 0 spiro atoms. The van der Waals surface area contributed by atoms with Crippen molar-refractivity contribution in [3.05, 3.63) is 28.7 Å². The SMILES string of the molecule is CCCCOc1ccc(/C=C2\SC(=O)N(C)C2=O)cc1OC. The molecular weight excluding hydrogens is 302 g/mol. The van der Waals surface area contributed by atoms with Gasteiger partial charge < -0.3 is 9.47 Å². The number of thioether (sulfide) groups is 1. The van der Waals surface area contributed by atoms with Gasteiger partial charge in [0.2, 0.25) is 0 Å². The van der Waals surface area contributed by atoms with Crippen molar-refractivity contribution in [2.75, 3.05) is 20.8 Å². The van der Waals surface area contributed by atoms with Crippen LogP contribution in [0.2, 0.25) is 0 Å². The van der Waals surface area contributed by atoms with E-state index in [2.05, 4.69) is 6.92 Å². The van der Waals surface area contributed by atoms with Crippen molar-refractivity contribution in [1.29, 1.82) is 0 Å². The van der Waals surface area contributed by atoms with Crippen LogP contribution in [0.5, 0.6) is 11.5 Å². The van der Waals surface area contributed by atoms with E-state index in [9.17, 15) is 9.59 Å². The minimum absolute atomic E-state index is 0.261. The number of amides is 2. The van der Waals surface area contributed by atoms with Gasteiger partial charge in [0.05, 0.1) is 18.6 Å². The van der Waals surface area contributed by atoms with E-state index in [1.54, 1.807) is 19.3 Å². The zero-order chi connectivity index (χ0) is 16.1. The Balaban J connectivity index is 2.19. The Bertz CT molecular complexity index is 612. The molecule has 0 bridgehead atoms. The Morgan fingerprint density at radius 1 is 1.27 bits per heavy atom. The van der Waals surface area contributed by atoms with Gasteiger partial charge in [-0.05, 0) is 42.0 Å². The van der Waals surface area contributed by atoms with Gasteiger partial charge in [0.1, 0.15) is 0 Å². The molecule has 118 valence electrons. The van der Waals surface area contributed by atoms with Gasteiger partial charge in [-0.2, -0.15) is 0 Å². The van der Waals surface area contributed by atoms with E-state index in [-0.39, 0.29) is 11.1 Å². The van der Waals surface area contributed by atoms with Gasteiger partial charge in [-0.25, -0.2) is 0 Å². The predicted molar refractivity (Wildman–Crippen MR) is 87.1 cm³/mol. The lowest BCUT2D eigenvalue weighted by atomic mass is 10.2. The molecule has 22 heavy (non-hydrogen) atoms. The summed E-state index contributed by atoms with van der Waals surface area (Å²) in [6.07, 6.45) is 3.73. The van der Waals surface area contributed by atoms with Crippen LogP contribution in [-0.2, 0) is 4.79 Å². The van der Waals surface area contributed by atoms with Gasteiger partial charge in [-0.3, -0.25) is 14.5 Å². The molecule has 1 aliphatic rings. The largest absolute Gasteiger partial charge is 0.493 e. The molecule has 0 saturated carbocycles. The molecule has 2 amide bonds. The molecule has 1 saturated heterocycles. The number of methoxy groups -OCH3 is 1. The van der Waals surface area contributed by atoms with Crippen LogP contribution >= 0.6 is 11.8 Å². The fraction of sp³-hybridized carbons (Fsp3) is 0.375. The maximum absolute atomic E-state index is 11.9. The molecule has 0 N–H and O–H groups in total. The van der Waals surface area contributed by atoms with Gasteiger partial charge in [0.25, 0.3) is 11.1 Å². The number of nitrogens with zero attached hydrogens (tertiary/aromatic N) is 1. The number of carbonyl (C=O) groups is 2. The summed E-state index contributed by atoms with van der Waals surface area (Å²) >= 11 is 0.938. The molecular formula is C16H19NO4S. The average Bonchev–Trinajstić information content (AvgIpc) is 2.76. The molecule has 1 aromatic rings. The highest BCUT2D eigenvalue weighted by molar-refractivity contribution is 8.18. The van der Waals surface area contributed by atoms with Crippen molar-refractivity contribution in [2.45, 2.75) is 19.8 Å². The first-order chi connectivity index (χ1) is 10.6. The van der Waals surface area contributed by atoms with Crippen LogP contribution in [0.25, 0.3) is 6.08 Å². The quantitative estimate of drug-likeness (QED) is 0.592. The summed E-state index contributed by atoms with van der Waals surface area (Å²) < 4.78 is 11.0. The standard InChI is InChI=1S/C16H19NO4S/c1-4-5-8-21-12-7-6-11(9-13(12)20-3)10-14-15(18)17(2)16(19)22-14/h6-7,9-10H,4-5,8H2,1-3H3/b14-10-. The van der Waals surface area contributed by atoms with Crippen molar-refractivity contribution in [3.63, 3.8) is 0 Å². The first kappa shape index (κ1) is 16.4. The number of benzene rings is 1. The fourth-order valence-electron chi connectivity index (χ4n) is 1.92. The van der Waals surface area contributed by atoms with Gasteiger partial charge in [0, 0.05) is 7.05 Å². The van der Waals surface area contributed by atoms with E-state index in [1.165, 1.54) is 7.05 Å². The number of likely N-dealkylation sites (N-methyl/N-ethyl adjacent to an activating group) is 1. The number of unbranched alkanes of at least 4 members (excludes halogenated alkanes) is 1. The molecule has 0 aliphatic carbocycles.